The van der Waals surface area contributed by atoms with Crippen LogP contribution in [0.15, 0.2) is 164 Å². The molecular formula is C41H30N2. The van der Waals surface area contributed by atoms with E-state index in [4.69, 9.17) is 0 Å². The molecule has 7 aromatic carbocycles. The van der Waals surface area contributed by atoms with Crippen LogP contribution in [0.3, 0.4) is 0 Å². The van der Waals surface area contributed by atoms with Gasteiger partial charge in [-0.15, -0.1) is 0 Å². The predicted octanol–water partition coefficient (Wildman–Crippen LogP) is 11.3. The van der Waals surface area contributed by atoms with Crippen LogP contribution in [0.2, 0.25) is 0 Å². The van der Waals surface area contributed by atoms with Gasteiger partial charge in [0.15, 0.2) is 0 Å². The maximum absolute atomic E-state index is 2.36. The average molecular weight is 551 g/mol. The summed E-state index contributed by atoms with van der Waals surface area (Å²) in [5, 5.41) is 5.19. The number of aromatic nitrogens is 1. The number of rotatable bonds is 5. The van der Waals surface area contributed by atoms with Crippen molar-refractivity contribution >= 4 is 49.6 Å². The maximum Gasteiger partial charge on any atom is 0.0495 e. The van der Waals surface area contributed by atoms with E-state index in [9.17, 15) is 0 Å². The van der Waals surface area contributed by atoms with Crippen LogP contribution in [0.4, 0.5) is 17.1 Å². The second kappa shape index (κ2) is 10.3. The van der Waals surface area contributed by atoms with E-state index in [-0.39, 0.29) is 0 Å². The van der Waals surface area contributed by atoms with Crippen LogP contribution in [-0.2, 0) is 7.05 Å². The lowest BCUT2D eigenvalue weighted by Gasteiger charge is -2.26. The van der Waals surface area contributed by atoms with Gasteiger partial charge < -0.3 is 9.47 Å². The summed E-state index contributed by atoms with van der Waals surface area (Å²) in [5.41, 5.74) is 10.7. The predicted molar refractivity (Wildman–Crippen MR) is 183 cm³/mol. The SMILES string of the molecule is Cn1c2ccc(-c3ccc(N(c4ccccc4)c4cccc(-c5ccccc5)c4)cc3)cc2c2c3ccccc3ccc21. The fraction of sp³-hybridized carbons (Fsp3) is 0.0244. The zero-order valence-corrected chi connectivity index (χ0v) is 24.0. The highest BCUT2D eigenvalue weighted by Crippen LogP contribution is 2.39. The Balaban J connectivity index is 1.22. The lowest BCUT2D eigenvalue weighted by atomic mass is 9.99. The number of anilines is 3. The standard InChI is InChI=1S/C41H30N2/c1-42-39-25-22-33(28-38(39)41-37-18-9-8-13-31(37)21-26-40(41)42)30-19-23-35(24-20-30)43(34-15-6-3-7-16-34)36-17-10-14-32(27-36)29-11-4-2-5-12-29/h2-28H,1H3. The number of nitrogens with zero attached hydrogens (tertiary/aromatic N) is 2. The number of para-hydroxylation sites is 1. The van der Waals surface area contributed by atoms with Gasteiger partial charge in [0.1, 0.15) is 0 Å². The Morgan fingerprint density at radius 2 is 0.977 bits per heavy atom. The Hall–Kier alpha value is -5.60. The molecule has 0 amide bonds. The Morgan fingerprint density at radius 3 is 1.79 bits per heavy atom. The molecular weight excluding hydrogens is 520 g/mol. The van der Waals surface area contributed by atoms with E-state index in [1.807, 2.05) is 0 Å². The van der Waals surface area contributed by atoms with E-state index in [0.717, 1.165) is 17.1 Å². The average Bonchev–Trinajstić information content (AvgIpc) is 3.37. The lowest BCUT2D eigenvalue weighted by Crippen LogP contribution is -2.09. The minimum atomic E-state index is 1.12. The highest BCUT2D eigenvalue weighted by atomic mass is 15.1. The minimum Gasteiger partial charge on any atom is -0.344 e. The van der Waals surface area contributed by atoms with Gasteiger partial charge in [-0.25, -0.2) is 0 Å². The van der Waals surface area contributed by atoms with Crippen LogP contribution >= 0.6 is 0 Å². The summed E-state index contributed by atoms with van der Waals surface area (Å²) < 4.78 is 2.31. The topological polar surface area (TPSA) is 8.17 Å². The zero-order chi connectivity index (χ0) is 28.8. The molecule has 1 heterocycles. The number of benzene rings is 7. The van der Waals surface area contributed by atoms with E-state index < -0.39 is 0 Å². The molecule has 0 fully saturated rings. The van der Waals surface area contributed by atoms with Gasteiger partial charge in [0.05, 0.1) is 0 Å². The molecule has 0 atom stereocenters. The minimum absolute atomic E-state index is 1.12. The van der Waals surface area contributed by atoms with E-state index in [1.54, 1.807) is 0 Å². The van der Waals surface area contributed by atoms with Crippen molar-refractivity contribution in [1.82, 2.24) is 4.57 Å². The van der Waals surface area contributed by atoms with Crippen molar-refractivity contribution in [2.75, 3.05) is 4.90 Å². The highest BCUT2D eigenvalue weighted by Gasteiger charge is 2.15. The summed E-state index contributed by atoms with van der Waals surface area (Å²) >= 11 is 0. The molecule has 0 spiro atoms. The fourth-order valence-electron chi connectivity index (χ4n) is 6.44. The normalized spacial score (nSPS) is 11.4. The Labute approximate surface area is 251 Å². The third-order valence-electron chi connectivity index (χ3n) is 8.58. The molecule has 43 heavy (non-hydrogen) atoms. The first kappa shape index (κ1) is 25.1. The molecule has 0 aliphatic carbocycles. The molecule has 1 aromatic heterocycles. The summed E-state index contributed by atoms with van der Waals surface area (Å²) in [5.74, 6) is 0. The van der Waals surface area contributed by atoms with Crippen molar-refractivity contribution in [3.63, 3.8) is 0 Å². The van der Waals surface area contributed by atoms with E-state index in [1.165, 1.54) is 54.8 Å². The van der Waals surface area contributed by atoms with Crippen LogP contribution in [0, 0.1) is 0 Å². The number of hydrogen-bond acceptors (Lipinski definition) is 1. The molecule has 8 rings (SSSR count). The molecule has 0 unspecified atom stereocenters. The first-order valence-corrected chi connectivity index (χ1v) is 14.8. The Morgan fingerprint density at radius 1 is 0.395 bits per heavy atom. The van der Waals surface area contributed by atoms with Crippen LogP contribution in [-0.4, -0.2) is 4.57 Å². The van der Waals surface area contributed by atoms with Gasteiger partial charge in [-0.1, -0.05) is 109 Å². The van der Waals surface area contributed by atoms with Crippen molar-refractivity contribution in [3.8, 4) is 22.3 Å². The highest BCUT2D eigenvalue weighted by molar-refractivity contribution is 6.21. The molecule has 0 aliphatic rings. The second-order valence-corrected chi connectivity index (χ2v) is 11.1. The van der Waals surface area contributed by atoms with Crippen LogP contribution in [0.1, 0.15) is 0 Å². The molecule has 2 nitrogen and oxygen atoms in total. The molecule has 0 radical (unpaired) electrons. The van der Waals surface area contributed by atoms with Gasteiger partial charge in [0.2, 0.25) is 0 Å². The largest absolute Gasteiger partial charge is 0.344 e. The fourth-order valence-corrected chi connectivity index (χ4v) is 6.44. The molecule has 8 aromatic rings. The van der Waals surface area contributed by atoms with E-state index in [2.05, 4.69) is 180 Å². The van der Waals surface area contributed by atoms with Crippen molar-refractivity contribution in [1.29, 1.82) is 0 Å². The first-order valence-electron chi connectivity index (χ1n) is 14.8. The second-order valence-electron chi connectivity index (χ2n) is 11.1. The molecule has 2 heteroatoms. The number of hydrogen-bond donors (Lipinski definition) is 0. The van der Waals surface area contributed by atoms with Crippen molar-refractivity contribution in [2.24, 2.45) is 7.05 Å². The van der Waals surface area contributed by atoms with Gasteiger partial charge in [-0.05, 0) is 87.6 Å². The van der Waals surface area contributed by atoms with Crippen LogP contribution < -0.4 is 4.90 Å². The van der Waals surface area contributed by atoms with E-state index >= 15 is 0 Å². The van der Waals surface area contributed by atoms with Gasteiger partial charge in [-0.2, -0.15) is 0 Å². The van der Waals surface area contributed by atoms with Crippen molar-refractivity contribution < 1.29 is 0 Å². The van der Waals surface area contributed by atoms with Crippen molar-refractivity contribution in [3.05, 3.63) is 164 Å². The quantitative estimate of drug-likeness (QED) is 0.207. The lowest BCUT2D eigenvalue weighted by molar-refractivity contribution is 1.01. The third kappa shape index (κ3) is 4.36. The first-order chi connectivity index (χ1) is 21.2. The summed E-state index contributed by atoms with van der Waals surface area (Å²) in [6, 6.07) is 58.9. The Bertz CT molecular complexity index is 2230. The summed E-state index contributed by atoms with van der Waals surface area (Å²) in [4.78, 5) is 2.33. The van der Waals surface area contributed by atoms with Crippen LogP contribution in [0.5, 0.6) is 0 Å². The Kier molecular flexibility index (Phi) is 6.05. The summed E-state index contributed by atoms with van der Waals surface area (Å²) in [6.07, 6.45) is 0. The number of fused-ring (bicyclic) bond motifs is 5. The maximum atomic E-state index is 2.36. The molecule has 0 bridgehead atoms. The molecule has 0 aliphatic heterocycles. The summed E-state index contributed by atoms with van der Waals surface area (Å²) in [6.45, 7) is 0. The van der Waals surface area contributed by atoms with Gasteiger partial charge in [-0.3, -0.25) is 0 Å². The molecule has 204 valence electrons. The van der Waals surface area contributed by atoms with Gasteiger partial charge in [0.25, 0.3) is 0 Å². The molecule has 0 saturated heterocycles. The van der Waals surface area contributed by atoms with E-state index in [0.29, 0.717) is 0 Å². The smallest absolute Gasteiger partial charge is 0.0495 e. The number of aryl methyl sites for hydroxylation is 1. The monoisotopic (exact) mass is 550 g/mol. The summed E-state index contributed by atoms with van der Waals surface area (Å²) in [7, 11) is 2.17. The third-order valence-corrected chi connectivity index (χ3v) is 8.58. The molecule has 0 saturated carbocycles. The molecule has 0 N–H and O–H groups in total. The van der Waals surface area contributed by atoms with Gasteiger partial charge >= 0.3 is 0 Å². The van der Waals surface area contributed by atoms with Crippen LogP contribution in [0.25, 0.3) is 54.8 Å². The van der Waals surface area contributed by atoms with Crippen molar-refractivity contribution in [2.45, 2.75) is 0 Å². The van der Waals surface area contributed by atoms with Gasteiger partial charge in [0, 0.05) is 45.9 Å². The zero-order valence-electron chi connectivity index (χ0n) is 24.0.